The first-order valence-electron chi connectivity index (χ1n) is 10.1. The lowest BCUT2D eigenvalue weighted by molar-refractivity contribution is -0.119. The molecule has 0 spiro atoms. The van der Waals surface area contributed by atoms with Crippen LogP contribution in [-0.4, -0.2) is 15.7 Å². The van der Waals surface area contributed by atoms with Gasteiger partial charge < -0.3 is 5.32 Å². The fourth-order valence-corrected chi connectivity index (χ4v) is 3.84. The zero-order valence-corrected chi connectivity index (χ0v) is 16.8. The first kappa shape index (κ1) is 19.1. The van der Waals surface area contributed by atoms with Crippen molar-refractivity contribution in [3.63, 3.8) is 0 Å². The number of rotatable bonds is 4. The van der Waals surface area contributed by atoms with Crippen LogP contribution in [0.25, 0.3) is 11.3 Å². The number of carbonyl (C=O) groups excluding carboxylic acids is 1. The van der Waals surface area contributed by atoms with Crippen LogP contribution in [0.15, 0.2) is 59.4 Å². The molecule has 1 aromatic heterocycles. The number of amides is 1. The minimum absolute atomic E-state index is 0.147. The number of para-hydroxylation sites is 1. The third-order valence-corrected chi connectivity index (χ3v) is 5.54. The van der Waals surface area contributed by atoms with Gasteiger partial charge in [-0.25, -0.2) is 4.68 Å². The van der Waals surface area contributed by atoms with Crippen molar-refractivity contribution in [2.24, 2.45) is 0 Å². The van der Waals surface area contributed by atoms with Crippen molar-refractivity contribution in [2.45, 2.75) is 45.6 Å². The van der Waals surface area contributed by atoms with E-state index in [0.29, 0.717) is 5.69 Å². The van der Waals surface area contributed by atoms with E-state index in [2.05, 4.69) is 5.32 Å². The summed E-state index contributed by atoms with van der Waals surface area (Å²) in [5.74, 6) is -0.253. The average Bonchev–Trinajstić information content (AvgIpc) is 2.75. The van der Waals surface area contributed by atoms with Gasteiger partial charge in [0, 0.05) is 16.8 Å². The standard InChI is InChI=1S/C24H25N3O2/c1-16-12-14-18(15-13-16)22-20-10-6-7-11-21(20)24(29)27(26-22)17(2)23(28)25-19-8-4-3-5-9-19/h3-5,8-9,12-15,17H,6-7,10-11H2,1-2H3,(H,25,28)/t17-/m1/s1. The van der Waals surface area contributed by atoms with Crippen molar-refractivity contribution in [3.05, 3.63) is 81.6 Å². The van der Waals surface area contributed by atoms with Gasteiger partial charge in [-0.1, -0.05) is 48.0 Å². The molecule has 5 nitrogen and oxygen atoms in total. The summed E-state index contributed by atoms with van der Waals surface area (Å²) >= 11 is 0. The molecule has 0 fully saturated rings. The maximum absolute atomic E-state index is 13.2. The highest BCUT2D eigenvalue weighted by atomic mass is 16.2. The van der Waals surface area contributed by atoms with E-state index in [1.807, 2.05) is 61.5 Å². The summed E-state index contributed by atoms with van der Waals surface area (Å²) in [6.45, 7) is 3.77. The summed E-state index contributed by atoms with van der Waals surface area (Å²) in [5, 5.41) is 7.57. The number of carbonyl (C=O) groups is 1. The maximum atomic E-state index is 13.2. The Balaban J connectivity index is 1.77. The van der Waals surface area contributed by atoms with Crippen molar-refractivity contribution >= 4 is 11.6 Å². The van der Waals surface area contributed by atoms with Gasteiger partial charge in [0.2, 0.25) is 5.91 Å². The van der Waals surface area contributed by atoms with Gasteiger partial charge in [0.1, 0.15) is 6.04 Å². The highest BCUT2D eigenvalue weighted by Gasteiger charge is 2.25. The van der Waals surface area contributed by atoms with Crippen molar-refractivity contribution in [2.75, 3.05) is 5.32 Å². The van der Waals surface area contributed by atoms with Crippen LogP contribution in [0.4, 0.5) is 5.69 Å². The van der Waals surface area contributed by atoms with E-state index in [9.17, 15) is 9.59 Å². The lowest BCUT2D eigenvalue weighted by Crippen LogP contribution is -2.37. The molecule has 148 valence electrons. The van der Waals surface area contributed by atoms with Crippen LogP contribution < -0.4 is 10.9 Å². The summed E-state index contributed by atoms with van der Waals surface area (Å²) < 4.78 is 1.36. The number of nitrogens with one attached hydrogen (secondary N) is 1. The Labute approximate surface area is 170 Å². The summed E-state index contributed by atoms with van der Waals surface area (Å²) in [5.41, 5.74) is 5.38. The lowest BCUT2D eigenvalue weighted by atomic mass is 9.89. The second kappa shape index (κ2) is 8.03. The molecule has 0 bridgehead atoms. The van der Waals surface area contributed by atoms with Crippen molar-refractivity contribution in [3.8, 4) is 11.3 Å². The molecule has 4 rings (SSSR count). The van der Waals surface area contributed by atoms with Crippen molar-refractivity contribution in [1.29, 1.82) is 0 Å². The van der Waals surface area contributed by atoms with Crippen molar-refractivity contribution < 1.29 is 4.79 Å². The molecule has 0 unspecified atom stereocenters. The quantitative estimate of drug-likeness (QED) is 0.726. The van der Waals surface area contributed by atoms with Gasteiger partial charge in [-0.2, -0.15) is 5.10 Å². The van der Waals surface area contributed by atoms with E-state index in [-0.39, 0.29) is 11.5 Å². The molecule has 1 atom stereocenters. The first-order chi connectivity index (χ1) is 14.0. The number of aromatic nitrogens is 2. The second-order valence-electron chi connectivity index (χ2n) is 7.66. The molecule has 1 N–H and O–H groups in total. The predicted molar refractivity (Wildman–Crippen MR) is 115 cm³/mol. The first-order valence-corrected chi connectivity index (χ1v) is 10.1. The second-order valence-corrected chi connectivity index (χ2v) is 7.66. The highest BCUT2D eigenvalue weighted by Crippen LogP contribution is 2.29. The highest BCUT2D eigenvalue weighted by molar-refractivity contribution is 5.93. The summed E-state index contributed by atoms with van der Waals surface area (Å²) in [6.07, 6.45) is 3.64. The Morgan fingerprint density at radius 3 is 2.34 bits per heavy atom. The van der Waals surface area contributed by atoms with Crippen LogP contribution in [0, 0.1) is 6.92 Å². The molecule has 1 amide bonds. The molecule has 1 heterocycles. The molecule has 0 saturated carbocycles. The Morgan fingerprint density at radius 1 is 1.00 bits per heavy atom. The van der Waals surface area contributed by atoms with E-state index >= 15 is 0 Å². The number of hydrogen-bond acceptors (Lipinski definition) is 3. The number of nitrogens with zero attached hydrogens (tertiary/aromatic N) is 2. The van der Waals surface area contributed by atoms with E-state index in [1.165, 1.54) is 10.2 Å². The van der Waals surface area contributed by atoms with Crippen LogP contribution in [0.2, 0.25) is 0 Å². The van der Waals surface area contributed by atoms with Crippen molar-refractivity contribution in [1.82, 2.24) is 9.78 Å². The average molecular weight is 387 g/mol. The minimum Gasteiger partial charge on any atom is -0.324 e. The van der Waals surface area contributed by atoms with Gasteiger partial charge in [-0.3, -0.25) is 9.59 Å². The molecule has 2 aromatic carbocycles. The molecular formula is C24H25N3O2. The third kappa shape index (κ3) is 3.86. The predicted octanol–water partition coefficient (Wildman–Crippen LogP) is 4.30. The molecular weight excluding hydrogens is 362 g/mol. The Kier molecular flexibility index (Phi) is 5.30. The van der Waals surface area contributed by atoms with E-state index in [4.69, 9.17) is 5.10 Å². The molecule has 5 heteroatoms. The van der Waals surface area contributed by atoms with Crippen LogP contribution in [0.3, 0.4) is 0 Å². The van der Waals surface area contributed by atoms with Gasteiger partial charge in [0.25, 0.3) is 5.56 Å². The van der Waals surface area contributed by atoms with E-state index in [0.717, 1.165) is 48.1 Å². The van der Waals surface area contributed by atoms with Crippen LogP contribution in [0.5, 0.6) is 0 Å². The van der Waals surface area contributed by atoms with Gasteiger partial charge in [-0.05, 0) is 57.2 Å². The third-order valence-electron chi connectivity index (χ3n) is 5.54. The molecule has 3 aromatic rings. The van der Waals surface area contributed by atoms with Gasteiger partial charge in [-0.15, -0.1) is 0 Å². The van der Waals surface area contributed by atoms with Crippen LogP contribution in [0.1, 0.15) is 42.5 Å². The zero-order chi connectivity index (χ0) is 20.4. The Bertz CT molecular complexity index is 1090. The van der Waals surface area contributed by atoms with Gasteiger partial charge in [0.05, 0.1) is 5.69 Å². The Morgan fingerprint density at radius 2 is 1.66 bits per heavy atom. The summed E-state index contributed by atoms with van der Waals surface area (Å²) in [7, 11) is 0. The van der Waals surface area contributed by atoms with E-state index < -0.39 is 6.04 Å². The number of anilines is 1. The Hall–Kier alpha value is -3.21. The molecule has 1 aliphatic carbocycles. The zero-order valence-electron chi connectivity index (χ0n) is 16.8. The summed E-state index contributed by atoms with van der Waals surface area (Å²) in [4.78, 5) is 26.0. The normalized spacial score (nSPS) is 14.1. The molecule has 0 aliphatic heterocycles. The fraction of sp³-hybridized carbons (Fsp3) is 0.292. The molecule has 0 saturated heterocycles. The maximum Gasteiger partial charge on any atom is 0.271 e. The largest absolute Gasteiger partial charge is 0.324 e. The number of hydrogen-bond donors (Lipinski definition) is 1. The topological polar surface area (TPSA) is 64.0 Å². The summed E-state index contributed by atoms with van der Waals surface area (Å²) in [6, 6.07) is 16.7. The fourth-order valence-electron chi connectivity index (χ4n) is 3.84. The van der Waals surface area contributed by atoms with E-state index in [1.54, 1.807) is 6.92 Å². The van der Waals surface area contributed by atoms with Gasteiger partial charge >= 0.3 is 0 Å². The minimum atomic E-state index is -0.709. The smallest absolute Gasteiger partial charge is 0.271 e. The number of benzene rings is 2. The van der Waals surface area contributed by atoms with Crippen LogP contribution >= 0.6 is 0 Å². The molecule has 29 heavy (non-hydrogen) atoms. The molecule has 0 radical (unpaired) electrons. The van der Waals surface area contributed by atoms with Gasteiger partial charge in [0.15, 0.2) is 0 Å². The number of fused-ring (bicyclic) bond motifs is 1. The molecule has 1 aliphatic rings. The monoisotopic (exact) mass is 387 g/mol. The number of aryl methyl sites for hydroxylation is 1. The van der Waals surface area contributed by atoms with Crippen LogP contribution in [-0.2, 0) is 17.6 Å². The lowest BCUT2D eigenvalue weighted by Gasteiger charge is -2.22. The SMILES string of the molecule is Cc1ccc(-c2nn([C@H](C)C(=O)Nc3ccccc3)c(=O)c3c2CCCC3)cc1.